The van der Waals surface area contributed by atoms with Crippen molar-refractivity contribution in [1.82, 2.24) is 0 Å². The molecular weight excluding hydrogens is 208 g/mol. The predicted octanol–water partition coefficient (Wildman–Crippen LogP) is 1.01. The fraction of sp³-hybridized carbons (Fsp3) is 0.0833. The summed E-state index contributed by atoms with van der Waals surface area (Å²) in [5.74, 6) is -2.97. The average Bonchev–Trinajstić information content (AvgIpc) is 2.27. The van der Waals surface area contributed by atoms with Crippen LogP contribution >= 0.6 is 0 Å². The van der Waals surface area contributed by atoms with Crippen LogP contribution in [0, 0.1) is 0 Å². The van der Waals surface area contributed by atoms with Gasteiger partial charge in [0.2, 0.25) is 0 Å². The molecule has 0 aliphatic heterocycles. The zero-order chi connectivity index (χ0) is 12.0. The van der Waals surface area contributed by atoms with E-state index in [4.69, 9.17) is 5.11 Å². The van der Waals surface area contributed by atoms with Gasteiger partial charge in [-0.2, -0.15) is 0 Å². The Labute approximate surface area is 92.2 Å². The molecule has 0 bridgehead atoms. The van der Waals surface area contributed by atoms with Crippen LogP contribution in [0.15, 0.2) is 42.5 Å². The van der Waals surface area contributed by atoms with Gasteiger partial charge in [-0.3, -0.25) is 9.59 Å². The lowest BCUT2D eigenvalue weighted by atomic mass is 10.1. The Morgan fingerprint density at radius 2 is 1.69 bits per heavy atom. The van der Waals surface area contributed by atoms with E-state index < -0.39 is 11.8 Å². The van der Waals surface area contributed by atoms with E-state index in [-0.39, 0.29) is 12.2 Å². The van der Waals surface area contributed by atoms with E-state index in [9.17, 15) is 14.4 Å². The third-order valence-electron chi connectivity index (χ3n) is 1.85. The summed E-state index contributed by atoms with van der Waals surface area (Å²) in [6.07, 6.45) is 1.92. The highest BCUT2D eigenvalue weighted by molar-refractivity contribution is 6.38. The van der Waals surface area contributed by atoms with E-state index in [2.05, 4.69) is 0 Å². The summed E-state index contributed by atoms with van der Waals surface area (Å²) >= 11 is 0. The van der Waals surface area contributed by atoms with E-state index in [0.29, 0.717) is 0 Å². The molecule has 0 unspecified atom stereocenters. The number of carboxylic acids is 1. The molecule has 0 radical (unpaired) electrons. The summed E-state index contributed by atoms with van der Waals surface area (Å²) in [7, 11) is 0. The van der Waals surface area contributed by atoms with Gasteiger partial charge in [-0.05, 0) is 17.7 Å². The van der Waals surface area contributed by atoms with Crippen molar-refractivity contribution in [2.45, 2.75) is 6.42 Å². The second-order valence-electron chi connectivity index (χ2n) is 3.13. The molecule has 0 amide bonds. The Bertz CT molecular complexity index is 432. The fourth-order valence-corrected chi connectivity index (χ4v) is 1.10. The molecule has 0 heterocycles. The lowest BCUT2D eigenvalue weighted by Crippen LogP contribution is -2.09. The second kappa shape index (κ2) is 5.60. The van der Waals surface area contributed by atoms with Crippen molar-refractivity contribution in [3.05, 3.63) is 48.0 Å². The first-order chi connectivity index (χ1) is 7.59. The maximum atomic E-state index is 11.3. The first-order valence-corrected chi connectivity index (χ1v) is 4.61. The highest BCUT2D eigenvalue weighted by atomic mass is 16.4. The minimum absolute atomic E-state index is 0.157. The number of carboxylic acid groups (broad SMARTS) is 1. The first-order valence-electron chi connectivity index (χ1n) is 4.61. The van der Waals surface area contributed by atoms with Crippen molar-refractivity contribution >= 4 is 17.5 Å². The number of hydrogen-bond donors (Lipinski definition) is 1. The van der Waals surface area contributed by atoms with E-state index >= 15 is 0 Å². The second-order valence-corrected chi connectivity index (χ2v) is 3.13. The number of carbonyl (C=O) groups is 3. The normalized spacial score (nSPS) is 10.2. The maximum Gasteiger partial charge on any atom is 0.376 e. The van der Waals surface area contributed by atoms with E-state index in [1.54, 1.807) is 24.3 Å². The molecule has 0 spiro atoms. The molecule has 0 atom stereocenters. The number of ketones is 2. The number of benzene rings is 1. The molecule has 0 saturated heterocycles. The van der Waals surface area contributed by atoms with Gasteiger partial charge in [-0.15, -0.1) is 0 Å². The van der Waals surface area contributed by atoms with Gasteiger partial charge in [0.1, 0.15) is 0 Å². The van der Waals surface area contributed by atoms with Gasteiger partial charge >= 0.3 is 5.97 Å². The van der Waals surface area contributed by atoms with Crippen molar-refractivity contribution in [1.29, 1.82) is 0 Å². The van der Waals surface area contributed by atoms with Gasteiger partial charge in [-0.25, -0.2) is 4.79 Å². The largest absolute Gasteiger partial charge is 0.475 e. The van der Waals surface area contributed by atoms with Gasteiger partial charge in [0, 0.05) is 6.42 Å². The van der Waals surface area contributed by atoms with Crippen LogP contribution in [0.5, 0.6) is 0 Å². The van der Waals surface area contributed by atoms with E-state index in [1.165, 1.54) is 0 Å². The Balaban J connectivity index is 2.55. The summed E-state index contributed by atoms with van der Waals surface area (Å²) in [5.41, 5.74) is 0.819. The van der Waals surface area contributed by atoms with Crippen molar-refractivity contribution in [3.63, 3.8) is 0 Å². The monoisotopic (exact) mass is 218 g/mol. The summed E-state index contributed by atoms with van der Waals surface area (Å²) < 4.78 is 0. The fourth-order valence-electron chi connectivity index (χ4n) is 1.10. The molecule has 16 heavy (non-hydrogen) atoms. The molecule has 1 aromatic rings. The van der Waals surface area contributed by atoms with Gasteiger partial charge in [0.15, 0.2) is 5.78 Å². The molecule has 0 saturated carbocycles. The van der Waals surface area contributed by atoms with Crippen molar-refractivity contribution < 1.29 is 19.5 Å². The van der Waals surface area contributed by atoms with Gasteiger partial charge < -0.3 is 5.11 Å². The molecule has 4 heteroatoms. The number of allylic oxidation sites excluding steroid dienone is 1. The van der Waals surface area contributed by atoms with Crippen LogP contribution in [-0.4, -0.2) is 22.6 Å². The number of rotatable bonds is 5. The topological polar surface area (TPSA) is 71.4 Å². The van der Waals surface area contributed by atoms with Crippen LogP contribution < -0.4 is 0 Å². The van der Waals surface area contributed by atoms with Crippen LogP contribution in [-0.2, 0) is 20.8 Å². The zero-order valence-corrected chi connectivity index (χ0v) is 8.42. The molecule has 0 aromatic heterocycles. The zero-order valence-electron chi connectivity index (χ0n) is 8.42. The van der Waals surface area contributed by atoms with Crippen LogP contribution in [0.3, 0.4) is 0 Å². The van der Waals surface area contributed by atoms with Crippen LogP contribution in [0.2, 0.25) is 0 Å². The summed E-state index contributed by atoms with van der Waals surface area (Å²) in [4.78, 5) is 32.1. The maximum absolute atomic E-state index is 11.3. The summed E-state index contributed by atoms with van der Waals surface area (Å²) in [6.45, 7) is 0. The number of hydrogen-bond acceptors (Lipinski definition) is 3. The summed E-state index contributed by atoms with van der Waals surface area (Å²) in [6, 6.07) is 9.00. The average molecular weight is 218 g/mol. The lowest BCUT2D eigenvalue weighted by molar-refractivity contribution is -0.146. The molecule has 0 aliphatic carbocycles. The minimum atomic E-state index is -1.57. The van der Waals surface area contributed by atoms with Crippen LogP contribution in [0.4, 0.5) is 0 Å². The Morgan fingerprint density at radius 3 is 2.25 bits per heavy atom. The van der Waals surface area contributed by atoms with Gasteiger partial charge in [0.05, 0.1) is 0 Å². The molecule has 4 nitrogen and oxygen atoms in total. The van der Waals surface area contributed by atoms with E-state index in [0.717, 1.165) is 17.7 Å². The Hall–Kier alpha value is -2.23. The third-order valence-corrected chi connectivity index (χ3v) is 1.85. The first kappa shape index (κ1) is 11.8. The standard InChI is InChI=1S/C12H10O4/c13-10(6-7-11(14)12(15)16)8-9-4-2-1-3-5-9/h1-7H,8H2,(H,15,16). The van der Waals surface area contributed by atoms with E-state index in [1.807, 2.05) is 6.07 Å². The highest BCUT2D eigenvalue weighted by Crippen LogP contribution is 2.00. The third kappa shape index (κ3) is 3.88. The molecule has 1 N–H and O–H groups in total. The molecule has 0 aliphatic rings. The predicted molar refractivity (Wildman–Crippen MR) is 56.9 cm³/mol. The van der Waals surface area contributed by atoms with Crippen molar-refractivity contribution in [2.75, 3.05) is 0 Å². The van der Waals surface area contributed by atoms with Gasteiger partial charge in [0.25, 0.3) is 5.78 Å². The minimum Gasteiger partial charge on any atom is -0.475 e. The van der Waals surface area contributed by atoms with Crippen molar-refractivity contribution in [2.24, 2.45) is 0 Å². The van der Waals surface area contributed by atoms with Gasteiger partial charge in [-0.1, -0.05) is 30.3 Å². The number of aliphatic carboxylic acids is 1. The molecule has 82 valence electrons. The van der Waals surface area contributed by atoms with Crippen LogP contribution in [0.25, 0.3) is 0 Å². The SMILES string of the molecule is O=C(C=CC(=O)C(=O)O)Cc1ccccc1. The summed E-state index contributed by atoms with van der Waals surface area (Å²) in [5, 5.41) is 8.27. The molecular formula is C12H10O4. The smallest absolute Gasteiger partial charge is 0.376 e. The molecule has 0 fully saturated rings. The number of carbonyl (C=O) groups excluding carboxylic acids is 2. The van der Waals surface area contributed by atoms with Crippen LogP contribution in [0.1, 0.15) is 5.56 Å². The molecule has 1 aromatic carbocycles. The quantitative estimate of drug-likeness (QED) is 0.591. The lowest BCUT2D eigenvalue weighted by Gasteiger charge is -1.95. The Morgan fingerprint density at radius 1 is 1.06 bits per heavy atom. The molecule has 1 rings (SSSR count). The highest BCUT2D eigenvalue weighted by Gasteiger charge is 2.07. The Kier molecular flexibility index (Phi) is 4.15. The van der Waals surface area contributed by atoms with Crippen molar-refractivity contribution in [3.8, 4) is 0 Å².